The molecule has 19 heavy (non-hydrogen) atoms. The van der Waals surface area contributed by atoms with Crippen LogP contribution in [0.15, 0.2) is 5.38 Å². The molecular formula is C14H25N3OS. The van der Waals surface area contributed by atoms with Crippen molar-refractivity contribution in [2.45, 2.75) is 59.5 Å². The molecule has 0 fully saturated rings. The number of hydrogen-bond donors (Lipinski definition) is 1. The summed E-state index contributed by atoms with van der Waals surface area (Å²) in [6, 6.07) is 0.560. The number of rotatable bonds is 8. The van der Waals surface area contributed by atoms with E-state index in [-0.39, 0.29) is 5.91 Å². The van der Waals surface area contributed by atoms with Crippen LogP contribution in [0.2, 0.25) is 0 Å². The number of thiazole rings is 1. The summed E-state index contributed by atoms with van der Waals surface area (Å²) >= 11 is 1.54. The Labute approximate surface area is 120 Å². The first kappa shape index (κ1) is 16.1. The van der Waals surface area contributed by atoms with Crippen LogP contribution in [0.25, 0.3) is 0 Å². The number of aromatic nitrogens is 1. The molecule has 108 valence electrons. The van der Waals surface area contributed by atoms with E-state index in [0.717, 1.165) is 23.8 Å². The molecule has 1 heterocycles. The molecule has 5 heteroatoms. The summed E-state index contributed by atoms with van der Waals surface area (Å²) in [5, 5.41) is 6.36. The maximum absolute atomic E-state index is 11.5. The van der Waals surface area contributed by atoms with Gasteiger partial charge < -0.3 is 5.32 Å². The predicted molar refractivity (Wildman–Crippen MR) is 81.6 cm³/mol. The van der Waals surface area contributed by atoms with E-state index in [4.69, 9.17) is 0 Å². The summed E-state index contributed by atoms with van der Waals surface area (Å²) in [4.78, 5) is 17.7. The van der Waals surface area contributed by atoms with Crippen LogP contribution in [0.5, 0.6) is 0 Å². The minimum absolute atomic E-state index is 0.0498. The van der Waals surface area contributed by atoms with Gasteiger partial charge in [-0.1, -0.05) is 20.3 Å². The van der Waals surface area contributed by atoms with Gasteiger partial charge in [0.1, 0.15) is 0 Å². The van der Waals surface area contributed by atoms with Crippen molar-refractivity contribution in [1.82, 2.24) is 10.3 Å². The molecule has 0 saturated carbocycles. The van der Waals surface area contributed by atoms with Crippen LogP contribution < -0.4 is 10.2 Å². The van der Waals surface area contributed by atoms with E-state index in [1.165, 1.54) is 24.2 Å². The summed E-state index contributed by atoms with van der Waals surface area (Å²) in [6.07, 6.45) is 3.53. The third-order valence-corrected chi connectivity index (χ3v) is 4.08. The van der Waals surface area contributed by atoms with E-state index >= 15 is 0 Å². The van der Waals surface area contributed by atoms with Gasteiger partial charge in [-0.05, 0) is 19.8 Å². The Bertz CT molecular complexity index is 392. The molecule has 1 rings (SSSR count). The maximum atomic E-state index is 11.5. The number of nitrogens with one attached hydrogen (secondary N) is 1. The summed E-state index contributed by atoms with van der Waals surface area (Å²) < 4.78 is 0. The van der Waals surface area contributed by atoms with Gasteiger partial charge >= 0.3 is 0 Å². The lowest BCUT2D eigenvalue weighted by atomic mass is 10.1. The Kier molecular flexibility index (Phi) is 7.02. The normalized spacial score (nSPS) is 12.4. The lowest BCUT2D eigenvalue weighted by Crippen LogP contribution is -2.29. The molecule has 0 bridgehead atoms. The van der Waals surface area contributed by atoms with Crippen LogP contribution >= 0.6 is 11.3 Å². The summed E-state index contributed by atoms with van der Waals surface area (Å²) in [5.74, 6) is 0.0498. The molecule has 0 aliphatic carbocycles. The Hall–Kier alpha value is -0.940. The van der Waals surface area contributed by atoms with E-state index in [1.54, 1.807) is 11.8 Å². The van der Waals surface area contributed by atoms with Crippen LogP contribution in [0, 0.1) is 0 Å². The van der Waals surface area contributed by atoms with Gasteiger partial charge in [0.15, 0.2) is 5.13 Å². The lowest BCUT2D eigenvalue weighted by Gasteiger charge is -2.16. The number of carbonyl (C=O) groups excluding carboxylic acids is 1. The molecule has 1 unspecified atom stereocenters. The quantitative estimate of drug-likeness (QED) is 0.797. The molecule has 1 atom stereocenters. The van der Waals surface area contributed by atoms with Gasteiger partial charge in [-0.15, -0.1) is 11.3 Å². The van der Waals surface area contributed by atoms with Crippen molar-refractivity contribution in [3.05, 3.63) is 11.1 Å². The van der Waals surface area contributed by atoms with E-state index in [0.29, 0.717) is 12.6 Å². The van der Waals surface area contributed by atoms with Crippen molar-refractivity contribution < 1.29 is 4.79 Å². The van der Waals surface area contributed by atoms with Crippen molar-refractivity contribution in [1.29, 1.82) is 0 Å². The zero-order valence-electron chi connectivity index (χ0n) is 12.4. The molecule has 0 saturated heterocycles. The van der Waals surface area contributed by atoms with Gasteiger partial charge in [0.05, 0.1) is 5.69 Å². The first-order valence-electron chi connectivity index (χ1n) is 7.08. The minimum Gasteiger partial charge on any atom is -0.308 e. The Morgan fingerprint density at radius 1 is 1.47 bits per heavy atom. The standard InChI is InChI=1S/C14H25N3OS/c1-5-8-12(6-2)15-9-13-10-19-14(16-13)17(7-3)11(4)18/h10,12,15H,5-9H2,1-4H3. The molecule has 0 aliphatic heterocycles. The maximum Gasteiger partial charge on any atom is 0.225 e. The Balaban J connectivity index is 2.57. The fourth-order valence-corrected chi connectivity index (χ4v) is 2.97. The third kappa shape index (κ3) is 4.91. The number of nitrogens with zero attached hydrogens (tertiary/aromatic N) is 2. The molecule has 4 nitrogen and oxygen atoms in total. The summed E-state index contributed by atoms with van der Waals surface area (Å²) in [6.45, 7) is 9.41. The summed E-state index contributed by atoms with van der Waals surface area (Å²) in [5.41, 5.74) is 1.02. The fourth-order valence-electron chi connectivity index (χ4n) is 2.04. The highest BCUT2D eigenvalue weighted by Crippen LogP contribution is 2.20. The lowest BCUT2D eigenvalue weighted by molar-refractivity contribution is -0.116. The van der Waals surface area contributed by atoms with Crippen molar-refractivity contribution in [3.8, 4) is 0 Å². The second kappa shape index (κ2) is 8.27. The average Bonchev–Trinajstić information content (AvgIpc) is 2.83. The van der Waals surface area contributed by atoms with E-state index < -0.39 is 0 Å². The van der Waals surface area contributed by atoms with E-state index in [9.17, 15) is 4.79 Å². The van der Waals surface area contributed by atoms with Crippen LogP contribution in [0.3, 0.4) is 0 Å². The Morgan fingerprint density at radius 3 is 2.74 bits per heavy atom. The topological polar surface area (TPSA) is 45.2 Å². The number of anilines is 1. The zero-order valence-corrected chi connectivity index (χ0v) is 13.2. The van der Waals surface area contributed by atoms with Gasteiger partial charge in [-0.3, -0.25) is 9.69 Å². The molecule has 0 spiro atoms. The number of carbonyl (C=O) groups is 1. The minimum atomic E-state index is 0.0498. The fraction of sp³-hybridized carbons (Fsp3) is 0.714. The van der Waals surface area contributed by atoms with Crippen molar-refractivity contribution in [2.75, 3.05) is 11.4 Å². The van der Waals surface area contributed by atoms with Crippen LogP contribution in [0.4, 0.5) is 5.13 Å². The van der Waals surface area contributed by atoms with Gasteiger partial charge in [-0.2, -0.15) is 0 Å². The second-order valence-electron chi connectivity index (χ2n) is 4.66. The molecule has 0 aromatic carbocycles. The van der Waals surface area contributed by atoms with Crippen molar-refractivity contribution >= 4 is 22.4 Å². The number of hydrogen-bond acceptors (Lipinski definition) is 4. The van der Waals surface area contributed by atoms with E-state index in [2.05, 4.69) is 24.1 Å². The van der Waals surface area contributed by atoms with Crippen LogP contribution in [-0.2, 0) is 11.3 Å². The number of amides is 1. The molecule has 1 aromatic heterocycles. The highest BCUT2D eigenvalue weighted by molar-refractivity contribution is 7.14. The van der Waals surface area contributed by atoms with Crippen LogP contribution in [0.1, 0.15) is 52.7 Å². The van der Waals surface area contributed by atoms with Gasteiger partial charge in [-0.25, -0.2) is 4.98 Å². The Morgan fingerprint density at radius 2 is 2.21 bits per heavy atom. The predicted octanol–water partition coefficient (Wildman–Crippen LogP) is 3.18. The smallest absolute Gasteiger partial charge is 0.225 e. The van der Waals surface area contributed by atoms with Gasteiger partial charge in [0, 0.05) is 31.4 Å². The second-order valence-corrected chi connectivity index (χ2v) is 5.50. The van der Waals surface area contributed by atoms with Gasteiger partial charge in [0.25, 0.3) is 0 Å². The average molecular weight is 283 g/mol. The summed E-state index contributed by atoms with van der Waals surface area (Å²) in [7, 11) is 0. The highest BCUT2D eigenvalue weighted by atomic mass is 32.1. The first-order valence-corrected chi connectivity index (χ1v) is 7.96. The molecule has 0 radical (unpaired) electrons. The van der Waals surface area contributed by atoms with E-state index in [1.807, 2.05) is 12.3 Å². The molecule has 1 amide bonds. The van der Waals surface area contributed by atoms with Crippen molar-refractivity contribution in [2.24, 2.45) is 0 Å². The highest BCUT2D eigenvalue weighted by Gasteiger charge is 2.13. The van der Waals surface area contributed by atoms with Gasteiger partial charge in [0.2, 0.25) is 5.91 Å². The largest absolute Gasteiger partial charge is 0.308 e. The molecule has 0 aliphatic rings. The SMILES string of the molecule is CCCC(CC)NCc1csc(N(CC)C(C)=O)n1. The van der Waals surface area contributed by atoms with Crippen molar-refractivity contribution in [3.63, 3.8) is 0 Å². The zero-order chi connectivity index (χ0) is 14.3. The molecule has 1 N–H and O–H groups in total. The third-order valence-electron chi connectivity index (χ3n) is 3.17. The molecule has 1 aromatic rings. The monoisotopic (exact) mass is 283 g/mol. The van der Waals surface area contributed by atoms with Crippen LogP contribution in [-0.4, -0.2) is 23.5 Å². The molecular weight excluding hydrogens is 258 g/mol. The first-order chi connectivity index (χ1) is 9.12.